The minimum absolute atomic E-state index is 0.470. The van der Waals surface area contributed by atoms with E-state index in [4.69, 9.17) is 20.8 Å². The van der Waals surface area contributed by atoms with Crippen LogP contribution < -0.4 is 4.74 Å². The third kappa shape index (κ3) is 3.52. The molecule has 130 valence electrons. The Morgan fingerprint density at radius 3 is 2.69 bits per heavy atom. The number of benzene rings is 2. The van der Waals surface area contributed by atoms with Crippen LogP contribution in [0.4, 0.5) is 0 Å². The number of nitrogens with zero attached hydrogens (tertiary/aromatic N) is 3. The number of halogens is 1. The molecule has 7 heteroatoms. The molecule has 0 atom stereocenters. The Kier molecular flexibility index (Phi) is 4.77. The Hall–Kier alpha value is -2.57. The fourth-order valence-electron chi connectivity index (χ4n) is 2.50. The van der Waals surface area contributed by atoms with Gasteiger partial charge in [-0.2, -0.15) is 0 Å². The molecule has 0 spiro atoms. The van der Waals surface area contributed by atoms with E-state index in [9.17, 15) is 0 Å². The molecule has 0 amide bonds. The molecule has 4 aromatic rings. The second-order valence-electron chi connectivity index (χ2n) is 5.52. The molecule has 0 fully saturated rings. The minimum atomic E-state index is 0.470. The van der Waals surface area contributed by atoms with Crippen molar-refractivity contribution in [2.45, 2.75) is 11.0 Å². The molecular weight excluding hydrogens is 370 g/mol. The van der Waals surface area contributed by atoms with Gasteiger partial charge in [0, 0.05) is 22.3 Å². The quantitative estimate of drug-likeness (QED) is 0.347. The smallest absolute Gasteiger partial charge is 0.277 e. The van der Waals surface area contributed by atoms with Crippen LogP contribution in [0.2, 0.25) is 5.15 Å². The largest absolute Gasteiger partial charge is 0.497 e. The molecule has 4 rings (SSSR count). The van der Waals surface area contributed by atoms with Crippen LogP contribution >= 0.6 is 23.4 Å². The lowest BCUT2D eigenvalue weighted by Crippen LogP contribution is -1.88. The third-order valence-electron chi connectivity index (χ3n) is 3.84. The fraction of sp³-hybridized carbons (Fsp3) is 0.105. The Morgan fingerprint density at radius 2 is 1.88 bits per heavy atom. The lowest BCUT2D eigenvalue weighted by Gasteiger charge is -2.04. The predicted octanol–water partition coefficient (Wildman–Crippen LogP) is 5.24. The van der Waals surface area contributed by atoms with Crippen molar-refractivity contribution in [1.82, 2.24) is 15.2 Å². The first-order valence-corrected chi connectivity index (χ1v) is 9.24. The second-order valence-corrected chi connectivity index (χ2v) is 6.81. The van der Waals surface area contributed by atoms with E-state index in [0.717, 1.165) is 27.8 Å². The number of fused-ring (bicyclic) bond motifs is 1. The second kappa shape index (κ2) is 7.35. The lowest BCUT2D eigenvalue weighted by molar-refractivity contribution is 0.414. The highest BCUT2D eigenvalue weighted by molar-refractivity contribution is 7.98. The van der Waals surface area contributed by atoms with Gasteiger partial charge in [0.15, 0.2) is 0 Å². The zero-order chi connectivity index (χ0) is 17.9. The van der Waals surface area contributed by atoms with E-state index >= 15 is 0 Å². The Labute approximate surface area is 159 Å². The minimum Gasteiger partial charge on any atom is -0.497 e. The summed E-state index contributed by atoms with van der Waals surface area (Å²) in [6.45, 7) is 0. The summed E-state index contributed by atoms with van der Waals surface area (Å²) in [6.07, 6.45) is 0. The Bertz CT molecular complexity index is 1050. The summed E-state index contributed by atoms with van der Waals surface area (Å²) < 4.78 is 10.9. The van der Waals surface area contributed by atoms with Gasteiger partial charge in [-0.15, -0.1) is 10.2 Å². The van der Waals surface area contributed by atoms with Gasteiger partial charge in [0.25, 0.3) is 5.22 Å². The van der Waals surface area contributed by atoms with E-state index in [1.807, 2.05) is 54.6 Å². The van der Waals surface area contributed by atoms with Gasteiger partial charge in [-0.25, -0.2) is 4.98 Å². The maximum Gasteiger partial charge on any atom is 0.277 e. The molecule has 2 heterocycles. The van der Waals surface area contributed by atoms with Gasteiger partial charge in [-0.1, -0.05) is 41.6 Å². The average molecular weight is 384 g/mol. The van der Waals surface area contributed by atoms with Gasteiger partial charge in [0.05, 0.1) is 12.6 Å². The first-order chi connectivity index (χ1) is 12.7. The van der Waals surface area contributed by atoms with Crippen molar-refractivity contribution in [3.05, 3.63) is 65.3 Å². The summed E-state index contributed by atoms with van der Waals surface area (Å²) in [5.74, 6) is 1.85. The number of thioether (sulfide) groups is 1. The maximum atomic E-state index is 6.30. The molecule has 0 N–H and O–H groups in total. The number of pyridine rings is 1. The molecule has 2 aromatic carbocycles. The van der Waals surface area contributed by atoms with Crippen LogP contribution in [0.15, 0.2) is 64.2 Å². The Morgan fingerprint density at radius 1 is 1.08 bits per heavy atom. The van der Waals surface area contributed by atoms with Crippen LogP contribution in [0.3, 0.4) is 0 Å². The molecule has 26 heavy (non-hydrogen) atoms. The summed E-state index contributed by atoms with van der Waals surface area (Å²) >= 11 is 7.73. The van der Waals surface area contributed by atoms with Crippen molar-refractivity contribution < 1.29 is 9.15 Å². The predicted molar refractivity (Wildman–Crippen MR) is 103 cm³/mol. The number of aromatic nitrogens is 3. The first-order valence-electron chi connectivity index (χ1n) is 7.88. The van der Waals surface area contributed by atoms with Crippen LogP contribution in [0.1, 0.15) is 5.56 Å². The normalized spacial score (nSPS) is 11.0. The van der Waals surface area contributed by atoms with Crippen LogP contribution in [-0.4, -0.2) is 22.3 Å². The van der Waals surface area contributed by atoms with Gasteiger partial charge in [0.2, 0.25) is 5.89 Å². The number of hydrogen-bond donors (Lipinski definition) is 0. The molecule has 0 saturated heterocycles. The van der Waals surface area contributed by atoms with Crippen molar-refractivity contribution in [1.29, 1.82) is 0 Å². The van der Waals surface area contributed by atoms with Crippen LogP contribution in [0.25, 0.3) is 22.4 Å². The van der Waals surface area contributed by atoms with Gasteiger partial charge in [-0.3, -0.25) is 0 Å². The first kappa shape index (κ1) is 16.9. The number of hydrogen-bond acceptors (Lipinski definition) is 6. The van der Waals surface area contributed by atoms with Crippen LogP contribution in [-0.2, 0) is 5.75 Å². The highest BCUT2D eigenvalue weighted by Crippen LogP contribution is 2.29. The van der Waals surface area contributed by atoms with Gasteiger partial charge < -0.3 is 9.15 Å². The van der Waals surface area contributed by atoms with Gasteiger partial charge >= 0.3 is 0 Å². The van der Waals surface area contributed by atoms with Gasteiger partial charge in [-0.05, 0) is 36.4 Å². The number of rotatable bonds is 5. The summed E-state index contributed by atoms with van der Waals surface area (Å²) in [5, 5.41) is 10.2. The highest BCUT2D eigenvalue weighted by Gasteiger charge is 2.11. The van der Waals surface area contributed by atoms with Crippen molar-refractivity contribution in [3.8, 4) is 17.2 Å². The number of para-hydroxylation sites is 1. The maximum absolute atomic E-state index is 6.30. The standard InChI is InChI=1S/C19H14ClN3O2S/c1-24-15-8-6-12(7-9-15)18-22-23-19(25-18)26-11-14-10-13-4-2-3-5-16(13)21-17(14)20/h2-10H,11H2,1H3. The summed E-state index contributed by atoms with van der Waals surface area (Å²) in [6, 6.07) is 17.4. The number of ether oxygens (including phenoxy) is 1. The third-order valence-corrected chi connectivity index (χ3v) is 5.04. The summed E-state index contributed by atoms with van der Waals surface area (Å²) in [5.41, 5.74) is 2.65. The Balaban J connectivity index is 1.50. The van der Waals surface area contributed by atoms with Gasteiger partial charge in [0.1, 0.15) is 10.9 Å². The van der Waals surface area contributed by atoms with Crippen molar-refractivity contribution in [2.75, 3.05) is 7.11 Å². The molecule has 0 radical (unpaired) electrons. The van der Waals surface area contributed by atoms with E-state index in [1.165, 1.54) is 11.8 Å². The molecule has 0 unspecified atom stereocenters. The number of methoxy groups -OCH3 is 1. The summed E-state index contributed by atoms with van der Waals surface area (Å²) in [4.78, 5) is 4.43. The molecule has 5 nitrogen and oxygen atoms in total. The SMILES string of the molecule is COc1ccc(-c2nnc(SCc3cc4ccccc4nc3Cl)o2)cc1. The van der Waals surface area contributed by atoms with Crippen molar-refractivity contribution in [2.24, 2.45) is 0 Å². The van der Waals surface area contributed by atoms with Crippen molar-refractivity contribution in [3.63, 3.8) is 0 Å². The fourth-order valence-corrected chi connectivity index (χ4v) is 3.52. The van der Waals surface area contributed by atoms with E-state index in [-0.39, 0.29) is 0 Å². The molecule has 2 aromatic heterocycles. The zero-order valence-corrected chi connectivity index (χ0v) is 15.4. The lowest BCUT2D eigenvalue weighted by atomic mass is 10.2. The monoisotopic (exact) mass is 383 g/mol. The highest BCUT2D eigenvalue weighted by atomic mass is 35.5. The van der Waals surface area contributed by atoms with Crippen LogP contribution in [0, 0.1) is 0 Å². The molecule has 0 aliphatic rings. The van der Waals surface area contributed by atoms with E-state index in [1.54, 1.807) is 7.11 Å². The van der Waals surface area contributed by atoms with E-state index in [2.05, 4.69) is 15.2 Å². The van der Waals surface area contributed by atoms with E-state index < -0.39 is 0 Å². The van der Waals surface area contributed by atoms with Crippen LogP contribution in [0.5, 0.6) is 5.75 Å². The molecule has 0 saturated carbocycles. The molecule has 0 aliphatic heterocycles. The molecular formula is C19H14ClN3O2S. The topological polar surface area (TPSA) is 61.0 Å². The molecule has 0 aliphatic carbocycles. The average Bonchev–Trinajstić information content (AvgIpc) is 3.15. The van der Waals surface area contributed by atoms with Crippen molar-refractivity contribution >= 4 is 34.3 Å². The van der Waals surface area contributed by atoms with E-state index in [0.29, 0.717) is 22.0 Å². The molecule has 0 bridgehead atoms. The summed E-state index contributed by atoms with van der Waals surface area (Å²) in [7, 11) is 1.63. The zero-order valence-electron chi connectivity index (χ0n) is 13.8.